The third-order valence-corrected chi connectivity index (χ3v) is 6.77. The average molecular weight is 647 g/mol. The molecule has 0 aromatic heterocycles. The van der Waals surface area contributed by atoms with Gasteiger partial charge in [-0.25, -0.2) is 4.79 Å². The highest BCUT2D eigenvalue weighted by molar-refractivity contribution is 5.89. The second-order valence-electron chi connectivity index (χ2n) is 12.7. The summed E-state index contributed by atoms with van der Waals surface area (Å²) in [4.78, 5) is 25.1. The number of hydrogen-bond donors (Lipinski definition) is 0. The molecule has 0 saturated heterocycles. The average Bonchev–Trinajstić information content (AvgIpc) is 2.96. The lowest BCUT2D eigenvalue weighted by atomic mass is 10.0. The van der Waals surface area contributed by atoms with Gasteiger partial charge >= 0.3 is 6.09 Å². The molecule has 2 aromatic carbocycles. The Labute approximate surface area is 274 Å². The molecular weight excluding hydrogens is 592 g/mol. The molecule has 0 spiro atoms. The van der Waals surface area contributed by atoms with E-state index in [2.05, 4.69) is 12.1 Å². The van der Waals surface area contributed by atoms with Crippen molar-refractivity contribution in [2.75, 3.05) is 11.9 Å². The zero-order chi connectivity index (χ0) is 34.6. The molecule has 2 atom stereocenters. The molecule has 0 radical (unpaired) electrons. The SMILES string of the molecule is CC(C)OCc1cc(COC(C)CCC(C)OC(=O)N(C)c2cc([N+](=O)[O-])ccc2OC(C)C)cc(COC(C)C)c1OC(C)C. The van der Waals surface area contributed by atoms with Gasteiger partial charge in [0.25, 0.3) is 5.69 Å². The minimum absolute atomic E-state index is 0.00441. The highest BCUT2D eigenvalue weighted by atomic mass is 16.6. The Hall–Kier alpha value is -3.41. The molecule has 0 heterocycles. The molecule has 258 valence electrons. The van der Waals surface area contributed by atoms with Crippen LogP contribution in [-0.4, -0.2) is 54.7 Å². The van der Waals surface area contributed by atoms with Crippen molar-refractivity contribution in [1.82, 2.24) is 0 Å². The number of ether oxygens (including phenoxy) is 6. The van der Waals surface area contributed by atoms with E-state index in [1.807, 2.05) is 69.2 Å². The zero-order valence-electron chi connectivity index (χ0n) is 29.5. The molecule has 2 aromatic rings. The maximum atomic E-state index is 13.0. The van der Waals surface area contributed by atoms with Gasteiger partial charge in [0, 0.05) is 30.3 Å². The van der Waals surface area contributed by atoms with Crippen LogP contribution in [0.3, 0.4) is 0 Å². The highest BCUT2D eigenvalue weighted by Gasteiger charge is 2.23. The molecule has 0 aliphatic carbocycles. The van der Waals surface area contributed by atoms with Crippen molar-refractivity contribution in [1.29, 1.82) is 0 Å². The van der Waals surface area contributed by atoms with Gasteiger partial charge in [-0.1, -0.05) is 0 Å². The van der Waals surface area contributed by atoms with Crippen molar-refractivity contribution in [3.63, 3.8) is 0 Å². The van der Waals surface area contributed by atoms with Crippen molar-refractivity contribution in [3.8, 4) is 11.5 Å². The second-order valence-corrected chi connectivity index (χ2v) is 12.7. The summed E-state index contributed by atoms with van der Waals surface area (Å²) >= 11 is 0. The molecule has 0 aliphatic heterocycles. The Morgan fingerprint density at radius 3 is 1.78 bits per heavy atom. The minimum atomic E-state index is -0.633. The van der Waals surface area contributed by atoms with E-state index in [0.717, 1.165) is 22.4 Å². The van der Waals surface area contributed by atoms with E-state index in [9.17, 15) is 14.9 Å². The third-order valence-electron chi connectivity index (χ3n) is 6.77. The molecule has 2 unspecified atom stereocenters. The first-order chi connectivity index (χ1) is 21.6. The number of anilines is 1. The van der Waals surface area contributed by atoms with Gasteiger partial charge < -0.3 is 28.4 Å². The van der Waals surface area contributed by atoms with Crippen LogP contribution in [0.1, 0.15) is 98.8 Å². The van der Waals surface area contributed by atoms with E-state index in [0.29, 0.717) is 38.4 Å². The van der Waals surface area contributed by atoms with Gasteiger partial charge in [-0.15, -0.1) is 0 Å². The lowest BCUT2D eigenvalue weighted by molar-refractivity contribution is -0.384. The van der Waals surface area contributed by atoms with Gasteiger partial charge in [0.1, 0.15) is 17.6 Å². The summed E-state index contributed by atoms with van der Waals surface area (Å²) < 4.78 is 35.8. The van der Waals surface area contributed by atoms with Crippen molar-refractivity contribution in [3.05, 3.63) is 57.1 Å². The van der Waals surface area contributed by atoms with Crippen LogP contribution < -0.4 is 14.4 Å². The first-order valence-electron chi connectivity index (χ1n) is 16.1. The molecule has 0 N–H and O–H groups in total. The number of amides is 1. The Bertz CT molecular complexity index is 1230. The predicted octanol–water partition coefficient (Wildman–Crippen LogP) is 8.37. The molecule has 11 heteroatoms. The monoisotopic (exact) mass is 646 g/mol. The van der Waals surface area contributed by atoms with Gasteiger partial charge in [-0.3, -0.25) is 15.0 Å². The zero-order valence-corrected chi connectivity index (χ0v) is 29.5. The van der Waals surface area contributed by atoms with Gasteiger partial charge in [-0.2, -0.15) is 0 Å². The number of carbonyl (C=O) groups excluding carboxylic acids is 1. The number of nitro benzene ring substituents is 1. The lowest BCUT2D eigenvalue weighted by Gasteiger charge is -2.24. The first kappa shape index (κ1) is 38.8. The smallest absolute Gasteiger partial charge is 0.414 e. The number of benzene rings is 2. The second kappa shape index (κ2) is 18.7. The van der Waals surface area contributed by atoms with E-state index < -0.39 is 17.1 Å². The fraction of sp³-hybridized carbons (Fsp3) is 0.629. The van der Waals surface area contributed by atoms with Gasteiger partial charge in [0.2, 0.25) is 0 Å². The molecular formula is C35H54N2O9. The topological polar surface area (TPSA) is 119 Å². The van der Waals surface area contributed by atoms with Crippen molar-refractivity contribution < 1.29 is 38.1 Å². The van der Waals surface area contributed by atoms with Crippen molar-refractivity contribution in [2.45, 2.75) is 139 Å². The van der Waals surface area contributed by atoms with Crippen LogP contribution in [0.4, 0.5) is 16.2 Å². The van der Waals surface area contributed by atoms with Crippen LogP contribution >= 0.6 is 0 Å². The van der Waals surface area contributed by atoms with Crippen LogP contribution in [0.2, 0.25) is 0 Å². The molecule has 2 rings (SSSR count). The Morgan fingerprint density at radius 1 is 0.739 bits per heavy atom. The molecule has 0 saturated carbocycles. The van der Waals surface area contributed by atoms with E-state index in [1.165, 1.54) is 30.1 Å². The normalized spacial score (nSPS) is 12.9. The number of nitrogens with zero attached hydrogens (tertiary/aromatic N) is 2. The fourth-order valence-corrected chi connectivity index (χ4v) is 4.46. The molecule has 0 fully saturated rings. The summed E-state index contributed by atoms with van der Waals surface area (Å²) in [5.74, 6) is 1.15. The third kappa shape index (κ3) is 13.1. The van der Waals surface area contributed by atoms with Crippen molar-refractivity contribution in [2.24, 2.45) is 0 Å². The Balaban J connectivity index is 2.06. The molecule has 0 bridgehead atoms. The van der Waals surface area contributed by atoms with E-state index >= 15 is 0 Å². The Morgan fingerprint density at radius 2 is 1.28 bits per heavy atom. The maximum absolute atomic E-state index is 13.0. The molecule has 46 heavy (non-hydrogen) atoms. The number of rotatable bonds is 19. The fourth-order valence-electron chi connectivity index (χ4n) is 4.46. The quantitative estimate of drug-likeness (QED) is 0.110. The first-order valence-corrected chi connectivity index (χ1v) is 16.1. The molecule has 11 nitrogen and oxygen atoms in total. The number of non-ortho nitro benzene ring substituents is 1. The summed E-state index contributed by atoms with van der Waals surface area (Å²) in [5.41, 5.74) is 3.01. The standard InChI is InChI=1S/C35H54N2O9/c1-22(2)41-20-29-16-28(17-30(21-42-23(3)4)34(29)45-25(7)8)19-43-26(9)12-13-27(10)46-35(38)36(11)32-18-31(37(39)40)14-15-33(32)44-24(5)6/h14-18,22-27H,12-13,19-21H2,1-11H3. The highest BCUT2D eigenvalue weighted by Crippen LogP contribution is 2.33. The van der Waals surface area contributed by atoms with Crippen LogP contribution in [-0.2, 0) is 38.8 Å². The van der Waals surface area contributed by atoms with Crippen LogP contribution in [0.15, 0.2) is 30.3 Å². The van der Waals surface area contributed by atoms with Crippen LogP contribution in [0, 0.1) is 10.1 Å². The van der Waals surface area contributed by atoms with E-state index in [-0.39, 0.29) is 41.9 Å². The van der Waals surface area contributed by atoms with Crippen LogP contribution in [0.25, 0.3) is 0 Å². The summed E-state index contributed by atoms with van der Waals surface area (Å²) in [6.45, 7) is 20.7. The Kier molecular flexibility index (Phi) is 15.7. The van der Waals surface area contributed by atoms with E-state index in [1.54, 1.807) is 0 Å². The van der Waals surface area contributed by atoms with Crippen molar-refractivity contribution >= 4 is 17.5 Å². The summed E-state index contributed by atoms with van der Waals surface area (Å²) in [5, 5.41) is 11.3. The van der Waals surface area contributed by atoms with Gasteiger partial charge in [0.05, 0.1) is 61.0 Å². The summed E-state index contributed by atoms with van der Waals surface area (Å²) in [6, 6.07) is 8.28. The molecule has 0 aliphatic rings. The lowest BCUT2D eigenvalue weighted by Crippen LogP contribution is -2.31. The number of carbonyl (C=O) groups is 1. The molecule has 1 amide bonds. The van der Waals surface area contributed by atoms with Crippen LogP contribution in [0.5, 0.6) is 11.5 Å². The van der Waals surface area contributed by atoms with Gasteiger partial charge in [-0.05, 0) is 106 Å². The summed E-state index contributed by atoms with van der Waals surface area (Å²) in [6.07, 6.45) is 0.00248. The summed E-state index contributed by atoms with van der Waals surface area (Å²) in [7, 11) is 1.51. The number of hydrogen-bond acceptors (Lipinski definition) is 9. The van der Waals surface area contributed by atoms with Gasteiger partial charge in [0.15, 0.2) is 0 Å². The number of nitro groups is 1. The maximum Gasteiger partial charge on any atom is 0.414 e. The minimum Gasteiger partial charge on any atom is -0.490 e. The van der Waals surface area contributed by atoms with E-state index in [4.69, 9.17) is 28.4 Å². The largest absolute Gasteiger partial charge is 0.490 e. The predicted molar refractivity (Wildman–Crippen MR) is 179 cm³/mol.